The van der Waals surface area contributed by atoms with E-state index >= 15 is 0 Å². The van der Waals surface area contributed by atoms with Gasteiger partial charge in [-0.25, -0.2) is 9.37 Å². The molecule has 0 bridgehead atoms. The van der Waals surface area contributed by atoms with E-state index in [-0.39, 0.29) is 5.82 Å². The Hall–Kier alpha value is -3.54. The number of aromatic nitrogens is 4. The van der Waals surface area contributed by atoms with Gasteiger partial charge in [0.25, 0.3) is 0 Å². The van der Waals surface area contributed by atoms with E-state index in [0.29, 0.717) is 23.0 Å². The zero-order chi connectivity index (χ0) is 19.0. The summed E-state index contributed by atoms with van der Waals surface area (Å²) in [5, 5.41) is 8.03. The van der Waals surface area contributed by atoms with Crippen LogP contribution in [0.25, 0.3) is 40.0 Å². The standard InChI is InChI=1S/C21H17FN4O/c1-4-19-13(2)27-21(24-19)15-7-5-6-14(10-15)17-9-8-16(22)11-18(17)20-25-23-12-26(20)3/h4-12H,1H2,2-3H3. The smallest absolute Gasteiger partial charge is 0.226 e. The molecule has 0 aliphatic carbocycles. The topological polar surface area (TPSA) is 56.7 Å². The summed E-state index contributed by atoms with van der Waals surface area (Å²) in [5.41, 5.74) is 3.97. The van der Waals surface area contributed by atoms with Crippen LogP contribution in [0.4, 0.5) is 4.39 Å². The van der Waals surface area contributed by atoms with Gasteiger partial charge in [-0.15, -0.1) is 10.2 Å². The van der Waals surface area contributed by atoms with Crippen LogP contribution in [-0.4, -0.2) is 19.7 Å². The summed E-state index contributed by atoms with van der Waals surface area (Å²) in [7, 11) is 1.83. The molecular formula is C21H17FN4O. The van der Waals surface area contributed by atoms with Crippen LogP contribution in [0.15, 0.2) is 59.8 Å². The second-order valence-electron chi connectivity index (χ2n) is 6.20. The fourth-order valence-electron chi connectivity index (χ4n) is 3.02. The van der Waals surface area contributed by atoms with Gasteiger partial charge < -0.3 is 8.98 Å². The number of hydrogen-bond donors (Lipinski definition) is 0. The first-order valence-corrected chi connectivity index (χ1v) is 8.41. The van der Waals surface area contributed by atoms with E-state index in [1.165, 1.54) is 12.1 Å². The lowest BCUT2D eigenvalue weighted by molar-refractivity contribution is 0.542. The van der Waals surface area contributed by atoms with Crippen molar-refractivity contribution in [2.24, 2.45) is 7.05 Å². The van der Waals surface area contributed by atoms with Gasteiger partial charge in [0, 0.05) is 18.2 Å². The molecule has 0 amide bonds. The summed E-state index contributed by atoms with van der Waals surface area (Å²) >= 11 is 0. The summed E-state index contributed by atoms with van der Waals surface area (Å²) in [6.07, 6.45) is 3.26. The molecule has 5 nitrogen and oxygen atoms in total. The van der Waals surface area contributed by atoms with Gasteiger partial charge in [0.05, 0.1) is 0 Å². The van der Waals surface area contributed by atoms with Crippen LogP contribution in [0.2, 0.25) is 0 Å². The second kappa shape index (κ2) is 6.64. The van der Waals surface area contributed by atoms with Crippen molar-refractivity contribution in [2.75, 3.05) is 0 Å². The third-order valence-electron chi connectivity index (χ3n) is 4.38. The number of benzene rings is 2. The van der Waals surface area contributed by atoms with E-state index in [0.717, 1.165) is 22.4 Å². The average Bonchev–Trinajstić information content (AvgIpc) is 3.27. The van der Waals surface area contributed by atoms with E-state index in [9.17, 15) is 4.39 Å². The maximum Gasteiger partial charge on any atom is 0.226 e. The molecule has 0 unspecified atom stereocenters. The van der Waals surface area contributed by atoms with Crippen molar-refractivity contribution >= 4 is 6.08 Å². The summed E-state index contributed by atoms with van der Waals surface area (Å²) in [4.78, 5) is 4.46. The minimum absolute atomic E-state index is 0.327. The first-order valence-electron chi connectivity index (χ1n) is 8.41. The number of halogens is 1. The lowest BCUT2D eigenvalue weighted by Crippen LogP contribution is -1.95. The Labute approximate surface area is 155 Å². The Morgan fingerprint density at radius 2 is 1.93 bits per heavy atom. The lowest BCUT2D eigenvalue weighted by Gasteiger charge is -2.10. The van der Waals surface area contributed by atoms with Gasteiger partial charge in [-0.3, -0.25) is 0 Å². The molecule has 0 fully saturated rings. The molecule has 4 aromatic rings. The van der Waals surface area contributed by atoms with Crippen LogP contribution in [0.5, 0.6) is 0 Å². The molecule has 2 aromatic carbocycles. The van der Waals surface area contributed by atoms with E-state index < -0.39 is 0 Å². The number of oxazole rings is 1. The Morgan fingerprint density at radius 3 is 2.63 bits per heavy atom. The van der Waals surface area contributed by atoms with Crippen LogP contribution in [0, 0.1) is 12.7 Å². The minimum Gasteiger partial charge on any atom is -0.441 e. The van der Waals surface area contributed by atoms with Gasteiger partial charge in [-0.05, 0) is 48.4 Å². The van der Waals surface area contributed by atoms with Crippen molar-refractivity contribution in [3.05, 3.63) is 72.6 Å². The Balaban J connectivity index is 1.85. The van der Waals surface area contributed by atoms with Crippen molar-refractivity contribution in [1.29, 1.82) is 0 Å². The fourth-order valence-corrected chi connectivity index (χ4v) is 3.02. The molecule has 4 rings (SSSR count). The molecular weight excluding hydrogens is 343 g/mol. The molecule has 2 aromatic heterocycles. The van der Waals surface area contributed by atoms with Crippen LogP contribution < -0.4 is 0 Å². The third kappa shape index (κ3) is 3.06. The Morgan fingerprint density at radius 1 is 1.11 bits per heavy atom. The molecule has 0 spiro atoms. The molecule has 0 atom stereocenters. The lowest BCUT2D eigenvalue weighted by atomic mass is 9.97. The van der Waals surface area contributed by atoms with Gasteiger partial charge >= 0.3 is 0 Å². The number of aryl methyl sites for hydroxylation is 2. The Bertz CT molecular complexity index is 1140. The number of rotatable bonds is 4. The highest BCUT2D eigenvalue weighted by atomic mass is 19.1. The van der Waals surface area contributed by atoms with Crippen LogP contribution in [-0.2, 0) is 7.05 Å². The summed E-state index contributed by atoms with van der Waals surface area (Å²) in [5.74, 6) is 1.50. The fraction of sp³-hybridized carbons (Fsp3) is 0.0952. The average molecular weight is 360 g/mol. The van der Waals surface area contributed by atoms with Gasteiger partial charge in [-0.2, -0.15) is 0 Å². The van der Waals surface area contributed by atoms with Crippen molar-refractivity contribution in [3.8, 4) is 34.0 Å². The Kier molecular flexibility index (Phi) is 4.16. The first-order chi connectivity index (χ1) is 13.1. The quantitative estimate of drug-likeness (QED) is 0.520. The van der Waals surface area contributed by atoms with E-state index in [1.807, 2.05) is 38.2 Å². The van der Waals surface area contributed by atoms with Crippen LogP contribution in [0.1, 0.15) is 11.5 Å². The number of hydrogen-bond acceptors (Lipinski definition) is 4. The van der Waals surface area contributed by atoms with Crippen LogP contribution in [0.3, 0.4) is 0 Å². The van der Waals surface area contributed by atoms with Gasteiger partial charge in [-0.1, -0.05) is 24.8 Å². The van der Waals surface area contributed by atoms with Gasteiger partial charge in [0.15, 0.2) is 5.82 Å². The van der Waals surface area contributed by atoms with Crippen LogP contribution >= 0.6 is 0 Å². The highest BCUT2D eigenvalue weighted by Crippen LogP contribution is 2.34. The highest BCUT2D eigenvalue weighted by Gasteiger charge is 2.15. The van der Waals surface area contributed by atoms with Crippen molar-refractivity contribution in [3.63, 3.8) is 0 Å². The monoisotopic (exact) mass is 360 g/mol. The molecule has 27 heavy (non-hydrogen) atoms. The summed E-state index contributed by atoms with van der Waals surface area (Å²) < 4.78 is 21.4. The summed E-state index contributed by atoms with van der Waals surface area (Å²) in [6.45, 7) is 5.60. The zero-order valence-corrected chi connectivity index (χ0v) is 15.0. The molecule has 0 radical (unpaired) electrons. The normalized spacial score (nSPS) is 10.9. The van der Waals surface area contributed by atoms with Gasteiger partial charge in [0.2, 0.25) is 5.89 Å². The third-order valence-corrected chi connectivity index (χ3v) is 4.38. The highest BCUT2D eigenvalue weighted by molar-refractivity contribution is 5.82. The molecule has 0 N–H and O–H groups in total. The molecule has 0 aliphatic heterocycles. The predicted octanol–water partition coefficient (Wildman–Crippen LogP) is 4.89. The summed E-state index contributed by atoms with van der Waals surface area (Å²) in [6, 6.07) is 12.4. The molecule has 2 heterocycles. The van der Waals surface area contributed by atoms with Crippen molar-refractivity contribution in [2.45, 2.75) is 6.92 Å². The maximum atomic E-state index is 13.9. The van der Waals surface area contributed by atoms with E-state index in [4.69, 9.17) is 4.42 Å². The van der Waals surface area contributed by atoms with Gasteiger partial charge in [0.1, 0.15) is 23.6 Å². The second-order valence-corrected chi connectivity index (χ2v) is 6.20. The molecule has 0 aliphatic rings. The van der Waals surface area contributed by atoms with Crippen molar-refractivity contribution < 1.29 is 8.81 Å². The zero-order valence-electron chi connectivity index (χ0n) is 15.0. The molecule has 6 heteroatoms. The number of nitrogens with zero attached hydrogens (tertiary/aromatic N) is 4. The van der Waals surface area contributed by atoms with E-state index in [1.54, 1.807) is 23.0 Å². The molecule has 134 valence electrons. The SMILES string of the molecule is C=Cc1nc(-c2cccc(-c3ccc(F)cc3-c3nncn3C)c2)oc1C. The minimum atomic E-state index is -0.327. The maximum absolute atomic E-state index is 13.9. The largest absolute Gasteiger partial charge is 0.441 e. The molecule has 0 saturated heterocycles. The predicted molar refractivity (Wildman–Crippen MR) is 102 cm³/mol. The first kappa shape index (κ1) is 16.9. The van der Waals surface area contributed by atoms with Crippen molar-refractivity contribution in [1.82, 2.24) is 19.7 Å². The van der Waals surface area contributed by atoms with E-state index in [2.05, 4.69) is 21.8 Å². The molecule has 0 saturated carbocycles.